The summed E-state index contributed by atoms with van der Waals surface area (Å²) in [5, 5.41) is 3.02. The van der Waals surface area contributed by atoms with E-state index in [9.17, 15) is 18.0 Å². The Bertz CT molecular complexity index is 1110. The van der Waals surface area contributed by atoms with Crippen molar-refractivity contribution in [3.63, 3.8) is 0 Å². The van der Waals surface area contributed by atoms with Crippen molar-refractivity contribution in [2.75, 3.05) is 18.5 Å². The first-order valence-electron chi connectivity index (χ1n) is 9.83. The van der Waals surface area contributed by atoms with Crippen LogP contribution in [0.1, 0.15) is 17.3 Å². The number of sulfonamides is 1. The molecule has 0 spiro atoms. The third-order valence-electron chi connectivity index (χ3n) is 5.23. The normalized spacial score (nSPS) is 24.7. The van der Waals surface area contributed by atoms with Gasteiger partial charge in [0.15, 0.2) is 11.9 Å². The molecular weight excluding hydrogens is 460 g/mol. The van der Waals surface area contributed by atoms with Crippen LogP contribution >= 0.6 is 11.6 Å². The van der Waals surface area contributed by atoms with Gasteiger partial charge in [-0.05, 0) is 55.5 Å². The van der Waals surface area contributed by atoms with Crippen LogP contribution < -0.4 is 10.0 Å². The van der Waals surface area contributed by atoms with Crippen LogP contribution in [0.5, 0.6) is 0 Å². The number of anilines is 1. The Morgan fingerprint density at radius 3 is 2.31 bits per heavy atom. The highest BCUT2D eigenvalue weighted by Crippen LogP contribution is 2.30. The molecule has 9 nitrogen and oxygen atoms in total. The Hall–Kier alpha value is -2.50. The molecule has 4 unspecified atom stereocenters. The van der Waals surface area contributed by atoms with E-state index >= 15 is 0 Å². The summed E-state index contributed by atoms with van der Waals surface area (Å²) in [6, 6.07) is 11.6. The van der Waals surface area contributed by atoms with Gasteiger partial charge in [0.1, 0.15) is 12.2 Å². The third-order valence-corrected chi connectivity index (χ3v) is 6.99. The van der Waals surface area contributed by atoms with E-state index in [0.717, 1.165) is 0 Å². The van der Waals surface area contributed by atoms with Crippen LogP contribution in [0, 0.1) is 0 Å². The lowest BCUT2D eigenvalue weighted by Crippen LogP contribution is -2.44. The molecule has 11 heteroatoms. The van der Waals surface area contributed by atoms with Gasteiger partial charge < -0.3 is 14.2 Å². The number of hydrogen-bond acceptors (Lipinski definition) is 7. The predicted octanol–water partition coefficient (Wildman–Crippen LogP) is 2.60. The van der Waals surface area contributed by atoms with Crippen molar-refractivity contribution in [2.45, 2.75) is 36.2 Å². The van der Waals surface area contributed by atoms with Gasteiger partial charge in [-0.15, -0.1) is 0 Å². The van der Waals surface area contributed by atoms with E-state index < -0.39 is 40.5 Å². The summed E-state index contributed by atoms with van der Waals surface area (Å²) in [6.45, 7) is 1.61. The summed E-state index contributed by atoms with van der Waals surface area (Å²) >= 11 is 5.82. The van der Waals surface area contributed by atoms with Crippen molar-refractivity contribution in [1.82, 2.24) is 4.72 Å². The number of nitrogens with one attached hydrogen (secondary N) is 2. The standard InChI is InChI=1S/C21H21ClN2O7S/c1-12(25)13-2-6-15(7-3-13)23-21(26)31-18-11-30-19-17(10-29-20(18)19)24-32(27,28)16-8-4-14(22)5-9-16/h2-9,17-20,24H,10-11H2,1H3,(H,23,26). The second kappa shape index (κ2) is 9.16. The Morgan fingerprint density at radius 2 is 1.66 bits per heavy atom. The fourth-order valence-electron chi connectivity index (χ4n) is 3.62. The number of ether oxygens (including phenoxy) is 3. The second-order valence-electron chi connectivity index (χ2n) is 7.48. The number of fused-ring (bicyclic) bond motifs is 1. The predicted molar refractivity (Wildman–Crippen MR) is 115 cm³/mol. The molecule has 1 amide bonds. The van der Waals surface area contributed by atoms with E-state index in [1.54, 1.807) is 24.3 Å². The molecule has 0 saturated carbocycles. The zero-order chi connectivity index (χ0) is 22.9. The Labute approximate surface area is 190 Å². The SMILES string of the molecule is CC(=O)c1ccc(NC(=O)OC2COC3C(NS(=O)(=O)c4ccc(Cl)cc4)COC23)cc1. The first-order valence-corrected chi connectivity index (χ1v) is 11.7. The molecular formula is C21H21ClN2O7S. The smallest absolute Gasteiger partial charge is 0.412 e. The zero-order valence-electron chi connectivity index (χ0n) is 17.0. The number of ketones is 1. The lowest BCUT2D eigenvalue weighted by molar-refractivity contribution is 0.00883. The number of hydrogen-bond donors (Lipinski definition) is 2. The van der Waals surface area contributed by atoms with Crippen LogP contribution in [0.15, 0.2) is 53.4 Å². The van der Waals surface area contributed by atoms with Crippen molar-refractivity contribution in [2.24, 2.45) is 0 Å². The minimum atomic E-state index is -3.80. The summed E-state index contributed by atoms with van der Waals surface area (Å²) < 4.78 is 44.6. The van der Waals surface area contributed by atoms with E-state index in [0.29, 0.717) is 16.3 Å². The molecule has 2 N–H and O–H groups in total. The molecule has 2 heterocycles. The van der Waals surface area contributed by atoms with Gasteiger partial charge in [0, 0.05) is 16.3 Å². The number of halogens is 1. The highest BCUT2D eigenvalue weighted by Gasteiger charge is 2.50. The molecule has 2 aromatic carbocycles. The van der Waals surface area contributed by atoms with Crippen LogP contribution in [0.25, 0.3) is 0 Å². The van der Waals surface area contributed by atoms with Crippen molar-refractivity contribution >= 4 is 39.2 Å². The van der Waals surface area contributed by atoms with E-state index in [1.807, 2.05) is 0 Å². The molecule has 2 aromatic rings. The lowest BCUT2D eigenvalue weighted by Gasteiger charge is -2.18. The molecule has 2 saturated heterocycles. The van der Waals surface area contributed by atoms with Gasteiger partial charge >= 0.3 is 6.09 Å². The lowest BCUT2D eigenvalue weighted by atomic mass is 10.1. The Kier molecular flexibility index (Phi) is 6.50. The molecule has 2 aliphatic rings. The van der Waals surface area contributed by atoms with Crippen LogP contribution in [-0.2, 0) is 24.2 Å². The number of carbonyl (C=O) groups is 2. The Balaban J connectivity index is 1.34. The molecule has 0 aromatic heterocycles. The molecule has 0 bridgehead atoms. The van der Waals surface area contributed by atoms with E-state index in [1.165, 1.54) is 31.2 Å². The van der Waals surface area contributed by atoms with E-state index in [-0.39, 0.29) is 23.9 Å². The molecule has 170 valence electrons. The number of Topliss-reactive ketones (excluding diaryl/α,β-unsaturated/α-hetero) is 1. The number of amides is 1. The van der Waals surface area contributed by atoms with Crippen molar-refractivity contribution in [3.05, 3.63) is 59.1 Å². The van der Waals surface area contributed by atoms with E-state index in [2.05, 4.69) is 10.0 Å². The molecule has 4 atom stereocenters. The van der Waals surface area contributed by atoms with Crippen LogP contribution in [-0.4, -0.2) is 57.9 Å². The molecule has 32 heavy (non-hydrogen) atoms. The van der Waals surface area contributed by atoms with Gasteiger partial charge in [-0.25, -0.2) is 17.9 Å². The maximum atomic E-state index is 12.6. The van der Waals surface area contributed by atoms with Gasteiger partial charge in [-0.2, -0.15) is 0 Å². The molecule has 0 aliphatic carbocycles. The molecule has 4 rings (SSSR count). The highest BCUT2D eigenvalue weighted by molar-refractivity contribution is 7.89. The van der Waals surface area contributed by atoms with Gasteiger partial charge in [0.25, 0.3) is 0 Å². The minimum Gasteiger partial charge on any atom is -0.441 e. The highest BCUT2D eigenvalue weighted by atomic mass is 35.5. The van der Waals surface area contributed by atoms with Crippen molar-refractivity contribution < 1.29 is 32.2 Å². The summed E-state index contributed by atoms with van der Waals surface area (Å²) in [4.78, 5) is 23.7. The fourth-order valence-corrected chi connectivity index (χ4v) is 4.98. The minimum absolute atomic E-state index is 0.0746. The zero-order valence-corrected chi connectivity index (χ0v) is 18.6. The maximum Gasteiger partial charge on any atom is 0.412 e. The maximum absolute atomic E-state index is 12.6. The summed E-state index contributed by atoms with van der Waals surface area (Å²) in [7, 11) is -3.80. The van der Waals surface area contributed by atoms with Gasteiger partial charge in [-0.1, -0.05) is 11.6 Å². The number of carbonyl (C=O) groups excluding carboxylic acids is 2. The van der Waals surface area contributed by atoms with Gasteiger partial charge in [0.05, 0.1) is 24.2 Å². The van der Waals surface area contributed by atoms with Gasteiger partial charge in [-0.3, -0.25) is 10.1 Å². The summed E-state index contributed by atoms with van der Waals surface area (Å²) in [5.74, 6) is -0.0760. The first-order chi connectivity index (χ1) is 15.2. The third kappa shape index (κ3) is 4.94. The van der Waals surface area contributed by atoms with Crippen LogP contribution in [0.2, 0.25) is 5.02 Å². The largest absolute Gasteiger partial charge is 0.441 e. The monoisotopic (exact) mass is 480 g/mol. The Morgan fingerprint density at radius 1 is 1.00 bits per heavy atom. The van der Waals surface area contributed by atoms with Crippen LogP contribution in [0.4, 0.5) is 10.5 Å². The summed E-state index contributed by atoms with van der Waals surface area (Å²) in [6.07, 6.45) is -2.59. The van der Waals surface area contributed by atoms with Crippen molar-refractivity contribution in [1.29, 1.82) is 0 Å². The van der Waals surface area contributed by atoms with E-state index in [4.69, 9.17) is 25.8 Å². The topological polar surface area (TPSA) is 120 Å². The molecule has 2 fully saturated rings. The fraction of sp³-hybridized carbons (Fsp3) is 0.333. The average molecular weight is 481 g/mol. The quantitative estimate of drug-likeness (QED) is 0.610. The second-order valence-corrected chi connectivity index (χ2v) is 9.63. The van der Waals surface area contributed by atoms with Gasteiger partial charge in [0.2, 0.25) is 10.0 Å². The molecule has 0 radical (unpaired) electrons. The average Bonchev–Trinajstić information content (AvgIpc) is 3.32. The summed E-state index contributed by atoms with van der Waals surface area (Å²) in [5.41, 5.74) is 0.999. The number of benzene rings is 2. The number of rotatable bonds is 6. The van der Waals surface area contributed by atoms with Crippen LogP contribution in [0.3, 0.4) is 0 Å². The first kappa shape index (κ1) is 22.7. The molecule has 2 aliphatic heterocycles. The van der Waals surface area contributed by atoms with Crippen molar-refractivity contribution in [3.8, 4) is 0 Å².